The number of ether oxygens (including phenoxy) is 2. The maximum absolute atomic E-state index is 6.12. The highest BCUT2D eigenvalue weighted by Crippen LogP contribution is 2.12. The number of likely N-dealkylation sites (N-methyl/N-ethyl adjacent to an activating group) is 1. The molecule has 3 nitrogen and oxygen atoms in total. The Morgan fingerprint density at radius 2 is 0.872 bits per heavy atom. The van der Waals surface area contributed by atoms with Gasteiger partial charge in [0.2, 0.25) is 0 Å². The van der Waals surface area contributed by atoms with Gasteiger partial charge in [-0.3, -0.25) is 0 Å². The van der Waals surface area contributed by atoms with E-state index in [-0.39, 0.29) is 6.10 Å². The van der Waals surface area contributed by atoms with Crippen molar-refractivity contribution >= 4 is 0 Å². The molecule has 0 amide bonds. The zero-order valence-electron chi connectivity index (χ0n) is 27.0. The van der Waals surface area contributed by atoms with Crippen molar-refractivity contribution in [2.24, 2.45) is 0 Å². The standard InChI is InChI=1S/C36H71NO2/c1-4-6-8-10-12-14-16-18-20-22-24-26-28-30-32-38-35-36(34-37-3)39-33-31-29-27-25-23-21-19-17-15-13-11-9-7-5-2/h10-13,36-37H,4-9,14-35H2,1-3H3/b12-10-,13-11-. The molecule has 1 unspecified atom stereocenters. The van der Waals surface area contributed by atoms with E-state index in [0.29, 0.717) is 0 Å². The predicted molar refractivity (Wildman–Crippen MR) is 175 cm³/mol. The third-order valence-corrected chi connectivity index (χ3v) is 7.55. The van der Waals surface area contributed by atoms with E-state index >= 15 is 0 Å². The van der Waals surface area contributed by atoms with Crippen molar-refractivity contribution in [1.82, 2.24) is 5.32 Å². The van der Waals surface area contributed by atoms with Gasteiger partial charge in [-0.15, -0.1) is 0 Å². The Morgan fingerprint density at radius 1 is 0.487 bits per heavy atom. The summed E-state index contributed by atoms with van der Waals surface area (Å²) < 4.78 is 12.1. The van der Waals surface area contributed by atoms with Crippen LogP contribution in [0.2, 0.25) is 0 Å². The lowest BCUT2D eigenvalue weighted by atomic mass is 10.1. The van der Waals surface area contributed by atoms with Crippen molar-refractivity contribution in [1.29, 1.82) is 0 Å². The lowest BCUT2D eigenvalue weighted by molar-refractivity contribution is -0.0167. The van der Waals surface area contributed by atoms with Gasteiger partial charge in [-0.2, -0.15) is 0 Å². The van der Waals surface area contributed by atoms with Crippen molar-refractivity contribution in [2.45, 2.75) is 174 Å². The molecule has 0 spiro atoms. The van der Waals surface area contributed by atoms with E-state index in [9.17, 15) is 0 Å². The minimum absolute atomic E-state index is 0.188. The number of hydrogen-bond acceptors (Lipinski definition) is 3. The van der Waals surface area contributed by atoms with Gasteiger partial charge in [0.1, 0.15) is 0 Å². The summed E-state index contributed by atoms with van der Waals surface area (Å²) in [5.74, 6) is 0. The molecule has 0 saturated heterocycles. The molecule has 0 aromatic rings. The van der Waals surface area contributed by atoms with E-state index in [0.717, 1.165) is 26.4 Å². The van der Waals surface area contributed by atoms with Gasteiger partial charge < -0.3 is 14.8 Å². The SMILES string of the molecule is CCCC/C=C\CCCCCCCCCCOCC(CNC)OCCCCCCCCCC/C=C\CCCC. The summed E-state index contributed by atoms with van der Waals surface area (Å²) in [7, 11) is 2.00. The van der Waals surface area contributed by atoms with Crippen LogP contribution in [0.4, 0.5) is 0 Å². The number of unbranched alkanes of at least 4 members (excludes halogenated alkanes) is 20. The molecule has 0 aliphatic carbocycles. The average Bonchev–Trinajstić information content (AvgIpc) is 2.94. The van der Waals surface area contributed by atoms with Crippen molar-refractivity contribution in [3.05, 3.63) is 24.3 Å². The van der Waals surface area contributed by atoms with Crippen LogP contribution in [0, 0.1) is 0 Å². The lowest BCUT2D eigenvalue weighted by Crippen LogP contribution is -2.31. The van der Waals surface area contributed by atoms with Crippen LogP contribution in [0.5, 0.6) is 0 Å². The molecule has 0 aliphatic heterocycles. The Balaban J connectivity index is 3.41. The van der Waals surface area contributed by atoms with Crippen LogP contribution in [-0.4, -0.2) is 39.5 Å². The highest BCUT2D eigenvalue weighted by atomic mass is 16.5. The quantitative estimate of drug-likeness (QED) is 0.0652. The first-order valence-corrected chi connectivity index (χ1v) is 17.5. The minimum Gasteiger partial charge on any atom is -0.379 e. The largest absolute Gasteiger partial charge is 0.379 e. The van der Waals surface area contributed by atoms with Crippen molar-refractivity contribution in [3.8, 4) is 0 Å². The Bertz CT molecular complexity index is 490. The van der Waals surface area contributed by atoms with Crippen molar-refractivity contribution in [2.75, 3.05) is 33.4 Å². The Labute approximate surface area is 246 Å². The third-order valence-electron chi connectivity index (χ3n) is 7.55. The summed E-state index contributed by atoms with van der Waals surface area (Å²) in [4.78, 5) is 0. The fourth-order valence-electron chi connectivity index (χ4n) is 4.93. The zero-order valence-corrected chi connectivity index (χ0v) is 27.0. The molecular weight excluding hydrogens is 478 g/mol. The third kappa shape index (κ3) is 33.5. The minimum atomic E-state index is 0.188. The number of hydrogen-bond donors (Lipinski definition) is 1. The Morgan fingerprint density at radius 3 is 1.31 bits per heavy atom. The van der Waals surface area contributed by atoms with Crippen LogP contribution >= 0.6 is 0 Å². The second-order valence-corrected chi connectivity index (χ2v) is 11.6. The zero-order chi connectivity index (χ0) is 28.3. The van der Waals surface area contributed by atoms with Gasteiger partial charge in [-0.1, -0.05) is 141 Å². The molecule has 0 bridgehead atoms. The molecule has 0 rings (SSSR count). The van der Waals surface area contributed by atoms with Gasteiger partial charge in [0.05, 0.1) is 12.7 Å². The van der Waals surface area contributed by atoms with Crippen molar-refractivity contribution < 1.29 is 9.47 Å². The number of allylic oxidation sites excluding steroid dienone is 4. The summed E-state index contributed by atoms with van der Waals surface area (Å²) >= 11 is 0. The van der Waals surface area contributed by atoms with E-state index in [1.807, 2.05) is 7.05 Å². The van der Waals surface area contributed by atoms with E-state index in [4.69, 9.17) is 9.47 Å². The summed E-state index contributed by atoms with van der Waals surface area (Å²) in [6.45, 7) is 7.87. The molecule has 0 fully saturated rings. The van der Waals surface area contributed by atoms with Crippen molar-refractivity contribution in [3.63, 3.8) is 0 Å². The van der Waals surface area contributed by atoms with E-state index in [1.165, 1.54) is 154 Å². The molecule has 0 saturated carbocycles. The van der Waals surface area contributed by atoms with Gasteiger partial charge in [0.25, 0.3) is 0 Å². The first kappa shape index (κ1) is 38.4. The maximum atomic E-state index is 6.12. The van der Waals surface area contributed by atoms with Crippen LogP contribution in [0.1, 0.15) is 168 Å². The highest BCUT2D eigenvalue weighted by molar-refractivity contribution is 4.81. The van der Waals surface area contributed by atoms with Crippen LogP contribution in [0.3, 0.4) is 0 Å². The molecule has 232 valence electrons. The van der Waals surface area contributed by atoms with E-state index < -0.39 is 0 Å². The molecule has 0 aromatic heterocycles. The molecule has 1 atom stereocenters. The molecule has 0 heterocycles. The summed E-state index contributed by atoms with van der Waals surface area (Å²) in [6, 6.07) is 0. The van der Waals surface area contributed by atoms with Crippen LogP contribution < -0.4 is 5.32 Å². The summed E-state index contributed by atoms with van der Waals surface area (Å²) in [6.07, 6.45) is 41.6. The molecule has 3 heteroatoms. The van der Waals surface area contributed by atoms with Gasteiger partial charge in [0, 0.05) is 19.8 Å². The smallest absolute Gasteiger partial charge is 0.0932 e. The fourth-order valence-corrected chi connectivity index (χ4v) is 4.93. The van der Waals surface area contributed by atoms with Crippen LogP contribution in [0.15, 0.2) is 24.3 Å². The first-order valence-electron chi connectivity index (χ1n) is 17.5. The second kappa shape index (κ2) is 35.4. The Hall–Kier alpha value is -0.640. The monoisotopic (exact) mass is 550 g/mol. The van der Waals surface area contributed by atoms with Crippen LogP contribution in [0.25, 0.3) is 0 Å². The molecule has 0 radical (unpaired) electrons. The second-order valence-electron chi connectivity index (χ2n) is 11.6. The number of rotatable bonds is 33. The summed E-state index contributed by atoms with van der Waals surface area (Å²) in [5.41, 5.74) is 0. The average molecular weight is 550 g/mol. The predicted octanol–water partition coefficient (Wildman–Crippen LogP) is 11.1. The highest BCUT2D eigenvalue weighted by Gasteiger charge is 2.08. The maximum Gasteiger partial charge on any atom is 0.0932 e. The van der Waals surface area contributed by atoms with Crippen LogP contribution in [-0.2, 0) is 9.47 Å². The molecular formula is C36H71NO2. The van der Waals surface area contributed by atoms with E-state index in [1.54, 1.807) is 0 Å². The fraction of sp³-hybridized carbons (Fsp3) is 0.889. The lowest BCUT2D eigenvalue weighted by Gasteiger charge is -2.18. The number of nitrogens with one attached hydrogen (secondary N) is 1. The molecule has 1 N–H and O–H groups in total. The van der Waals surface area contributed by atoms with Gasteiger partial charge >= 0.3 is 0 Å². The first-order chi connectivity index (χ1) is 19.3. The van der Waals surface area contributed by atoms with E-state index in [2.05, 4.69) is 43.5 Å². The van der Waals surface area contributed by atoms with Gasteiger partial charge in [-0.25, -0.2) is 0 Å². The molecule has 0 aromatic carbocycles. The Kier molecular flexibility index (Phi) is 34.8. The van der Waals surface area contributed by atoms with Gasteiger partial charge in [0.15, 0.2) is 0 Å². The van der Waals surface area contributed by atoms with Gasteiger partial charge in [-0.05, 0) is 58.4 Å². The normalized spacial score (nSPS) is 12.8. The molecule has 39 heavy (non-hydrogen) atoms. The molecule has 0 aliphatic rings. The summed E-state index contributed by atoms with van der Waals surface area (Å²) in [5, 5.41) is 3.26. The topological polar surface area (TPSA) is 30.5 Å².